The van der Waals surface area contributed by atoms with Gasteiger partial charge in [-0.3, -0.25) is 0 Å². The Hall–Kier alpha value is -2.39. The van der Waals surface area contributed by atoms with Crippen LogP contribution in [0.2, 0.25) is 0 Å². The Labute approximate surface area is 117 Å². The van der Waals surface area contributed by atoms with Gasteiger partial charge in [0.15, 0.2) is 5.65 Å². The third kappa shape index (κ3) is 1.84. The van der Waals surface area contributed by atoms with E-state index in [0.29, 0.717) is 22.7 Å². The highest BCUT2D eigenvalue weighted by Crippen LogP contribution is 2.32. The summed E-state index contributed by atoms with van der Waals surface area (Å²) in [6, 6.07) is 11.1. The molecule has 1 aromatic carbocycles. The maximum atomic E-state index is 9.15. The lowest BCUT2D eigenvalue weighted by Crippen LogP contribution is -1.94. The van der Waals surface area contributed by atoms with Crippen LogP contribution in [0.1, 0.15) is 5.56 Å². The zero-order valence-electron chi connectivity index (χ0n) is 9.71. The van der Waals surface area contributed by atoms with E-state index in [9.17, 15) is 0 Å². The molecule has 5 nitrogen and oxygen atoms in total. The number of hydrogen-bond donors (Lipinski definition) is 1. The summed E-state index contributed by atoms with van der Waals surface area (Å²) < 4.78 is 2.35. The molecule has 0 radical (unpaired) electrons. The summed E-state index contributed by atoms with van der Waals surface area (Å²) in [6.45, 7) is 0. The second kappa shape index (κ2) is 4.37. The smallest absolute Gasteiger partial charge is 0.172 e. The molecule has 2 N–H and O–H groups in total. The molecule has 0 bridgehead atoms. The number of rotatable bonds is 1. The lowest BCUT2D eigenvalue weighted by Gasteiger charge is -1.99. The molecular weight excluding hydrogens is 306 g/mol. The standard InChI is InChI=1S/C13H8BrN5/c14-11-12(9-4-2-1-3-8(9)7-15)18-19-6-5-10(16)17-13(11)19/h1-6H,(H2,16,17). The summed E-state index contributed by atoms with van der Waals surface area (Å²) in [5.74, 6) is 0.424. The Morgan fingerprint density at radius 3 is 2.84 bits per heavy atom. The van der Waals surface area contributed by atoms with Crippen molar-refractivity contribution in [1.82, 2.24) is 14.6 Å². The zero-order chi connectivity index (χ0) is 13.4. The van der Waals surface area contributed by atoms with Gasteiger partial charge in [0.05, 0.1) is 16.1 Å². The van der Waals surface area contributed by atoms with Crippen LogP contribution < -0.4 is 5.73 Å². The SMILES string of the molecule is N#Cc1ccccc1-c1nn2ccc(N)nc2c1Br. The third-order valence-electron chi connectivity index (χ3n) is 2.75. The average Bonchev–Trinajstić information content (AvgIpc) is 2.76. The molecule has 2 aromatic heterocycles. The largest absolute Gasteiger partial charge is 0.384 e. The number of nitriles is 1. The number of hydrogen-bond acceptors (Lipinski definition) is 4. The van der Waals surface area contributed by atoms with Crippen LogP contribution in [0.15, 0.2) is 41.0 Å². The summed E-state index contributed by atoms with van der Waals surface area (Å²) in [4.78, 5) is 4.23. The minimum absolute atomic E-state index is 0.424. The van der Waals surface area contributed by atoms with Crippen molar-refractivity contribution in [3.8, 4) is 17.3 Å². The van der Waals surface area contributed by atoms with E-state index in [-0.39, 0.29) is 0 Å². The van der Waals surface area contributed by atoms with Crippen LogP contribution in [0.4, 0.5) is 5.82 Å². The Morgan fingerprint density at radius 2 is 2.05 bits per heavy atom. The van der Waals surface area contributed by atoms with Crippen molar-refractivity contribution in [2.75, 3.05) is 5.73 Å². The Kier molecular flexibility index (Phi) is 2.69. The molecule has 0 saturated carbocycles. The van der Waals surface area contributed by atoms with Gasteiger partial charge in [0.2, 0.25) is 0 Å². The number of nitrogens with two attached hydrogens (primary N) is 1. The number of anilines is 1. The quantitative estimate of drug-likeness (QED) is 0.749. The van der Waals surface area contributed by atoms with E-state index in [1.54, 1.807) is 22.8 Å². The second-order valence-corrected chi connectivity index (χ2v) is 4.73. The normalized spacial score (nSPS) is 10.5. The molecule has 19 heavy (non-hydrogen) atoms. The number of nitrogen functional groups attached to an aromatic ring is 1. The van der Waals surface area contributed by atoms with Gasteiger partial charge in [-0.25, -0.2) is 9.50 Å². The molecule has 0 aliphatic rings. The molecule has 0 unspecified atom stereocenters. The molecule has 0 aliphatic heterocycles. The highest BCUT2D eigenvalue weighted by molar-refractivity contribution is 9.10. The topological polar surface area (TPSA) is 80.0 Å². The summed E-state index contributed by atoms with van der Waals surface area (Å²) in [6.07, 6.45) is 1.74. The summed E-state index contributed by atoms with van der Waals surface area (Å²) in [5.41, 5.74) is 8.31. The van der Waals surface area contributed by atoms with E-state index in [4.69, 9.17) is 11.0 Å². The fourth-order valence-corrected chi connectivity index (χ4v) is 2.44. The second-order valence-electron chi connectivity index (χ2n) is 3.94. The maximum absolute atomic E-state index is 9.15. The van der Waals surface area contributed by atoms with Gasteiger partial charge in [-0.15, -0.1) is 0 Å². The van der Waals surface area contributed by atoms with Crippen molar-refractivity contribution in [3.63, 3.8) is 0 Å². The van der Waals surface area contributed by atoms with Crippen molar-refractivity contribution < 1.29 is 0 Å². The molecule has 3 aromatic rings. The maximum Gasteiger partial charge on any atom is 0.172 e. The van der Waals surface area contributed by atoms with Crippen molar-refractivity contribution in [3.05, 3.63) is 46.6 Å². The molecule has 0 fully saturated rings. The van der Waals surface area contributed by atoms with Crippen molar-refractivity contribution in [1.29, 1.82) is 5.26 Å². The predicted molar refractivity (Wildman–Crippen MR) is 75.3 cm³/mol. The van der Waals surface area contributed by atoms with Gasteiger partial charge >= 0.3 is 0 Å². The van der Waals surface area contributed by atoms with Gasteiger partial charge in [-0.1, -0.05) is 18.2 Å². The van der Waals surface area contributed by atoms with E-state index in [1.807, 2.05) is 18.2 Å². The number of halogens is 1. The third-order valence-corrected chi connectivity index (χ3v) is 3.48. The molecule has 2 heterocycles. The zero-order valence-corrected chi connectivity index (χ0v) is 11.3. The lowest BCUT2D eigenvalue weighted by atomic mass is 10.1. The van der Waals surface area contributed by atoms with Gasteiger partial charge < -0.3 is 5.73 Å². The number of aromatic nitrogens is 3. The van der Waals surface area contributed by atoms with Crippen LogP contribution in [0.5, 0.6) is 0 Å². The highest BCUT2D eigenvalue weighted by atomic mass is 79.9. The van der Waals surface area contributed by atoms with Gasteiger partial charge in [-0.05, 0) is 28.1 Å². The molecule has 6 heteroatoms. The molecule has 0 amide bonds. The number of fused-ring (bicyclic) bond motifs is 1. The van der Waals surface area contributed by atoms with Crippen LogP contribution >= 0.6 is 15.9 Å². The summed E-state index contributed by atoms with van der Waals surface area (Å²) in [5, 5.41) is 13.6. The number of nitrogens with zero attached hydrogens (tertiary/aromatic N) is 4. The Morgan fingerprint density at radius 1 is 1.26 bits per heavy atom. The van der Waals surface area contributed by atoms with Crippen LogP contribution in [0.3, 0.4) is 0 Å². The molecule has 0 aliphatic carbocycles. The van der Waals surface area contributed by atoms with Crippen molar-refractivity contribution >= 4 is 27.4 Å². The van der Waals surface area contributed by atoms with E-state index in [1.165, 1.54) is 0 Å². The van der Waals surface area contributed by atoms with Crippen LogP contribution in [0.25, 0.3) is 16.9 Å². The Bertz CT molecular complexity index is 816. The van der Waals surface area contributed by atoms with E-state index < -0.39 is 0 Å². The molecule has 3 rings (SSSR count). The van der Waals surface area contributed by atoms with E-state index >= 15 is 0 Å². The summed E-state index contributed by atoms with van der Waals surface area (Å²) in [7, 11) is 0. The van der Waals surface area contributed by atoms with Crippen molar-refractivity contribution in [2.24, 2.45) is 0 Å². The predicted octanol–water partition coefficient (Wildman–Crippen LogP) is 2.61. The average molecular weight is 314 g/mol. The molecule has 0 saturated heterocycles. The minimum atomic E-state index is 0.424. The molecule has 92 valence electrons. The van der Waals surface area contributed by atoms with Gasteiger partial charge in [0, 0.05) is 11.8 Å². The van der Waals surface area contributed by atoms with E-state index in [0.717, 1.165) is 10.0 Å². The molecule has 0 atom stereocenters. The Balaban J connectivity index is 2.32. The first-order chi connectivity index (χ1) is 9.20. The minimum Gasteiger partial charge on any atom is -0.384 e. The first-order valence-electron chi connectivity index (χ1n) is 5.50. The molecular formula is C13H8BrN5. The van der Waals surface area contributed by atoms with E-state index in [2.05, 4.69) is 32.1 Å². The molecule has 0 spiro atoms. The van der Waals surface area contributed by atoms with Crippen LogP contribution in [-0.4, -0.2) is 14.6 Å². The fourth-order valence-electron chi connectivity index (χ4n) is 1.88. The van der Waals surface area contributed by atoms with Gasteiger partial charge in [0.25, 0.3) is 0 Å². The summed E-state index contributed by atoms with van der Waals surface area (Å²) >= 11 is 3.48. The first-order valence-corrected chi connectivity index (χ1v) is 6.30. The van der Waals surface area contributed by atoms with Gasteiger partial charge in [-0.2, -0.15) is 10.4 Å². The lowest BCUT2D eigenvalue weighted by molar-refractivity contribution is 0.945. The highest BCUT2D eigenvalue weighted by Gasteiger charge is 2.16. The fraction of sp³-hybridized carbons (Fsp3) is 0. The van der Waals surface area contributed by atoms with Crippen LogP contribution in [-0.2, 0) is 0 Å². The number of benzene rings is 1. The first kappa shape index (κ1) is 11.7. The van der Waals surface area contributed by atoms with Crippen molar-refractivity contribution in [2.45, 2.75) is 0 Å². The monoisotopic (exact) mass is 313 g/mol. The van der Waals surface area contributed by atoms with Crippen LogP contribution in [0, 0.1) is 11.3 Å². The van der Waals surface area contributed by atoms with Gasteiger partial charge in [0.1, 0.15) is 11.5 Å².